The molecule has 1 aromatic heterocycles. The second kappa shape index (κ2) is 18.3. The summed E-state index contributed by atoms with van der Waals surface area (Å²) in [4.78, 5) is 21.3. The van der Waals surface area contributed by atoms with Gasteiger partial charge in [-0.3, -0.25) is 20.4 Å². The van der Waals surface area contributed by atoms with Gasteiger partial charge in [0, 0.05) is 26.2 Å². The first kappa shape index (κ1) is 35.8. The van der Waals surface area contributed by atoms with Gasteiger partial charge in [-0.1, -0.05) is 23.7 Å². The highest BCUT2D eigenvalue weighted by molar-refractivity contribution is 6.31. The fraction of sp³-hybridized carbons (Fsp3) is 0.538. The molecule has 0 aliphatic rings. The summed E-state index contributed by atoms with van der Waals surface area (Å²) in [5, 5.41) is 70.3. The van der Waals surface area contributed by atoms with Crippen LogP contribution in [0, 0.1) is 5.41 Å². The second-order valence-corrected chi connectivity index (χ2v) is 10.1. The first-order chi connectivity index (χ1) is 20.4. The lowest BCUT2D eigenvalue weighted by Gasteiger charge is -2.29. The van der Waals surface area contributed by atoms with Gasteiger partial charge >= 0.3 is 0 Å². The van der Waals surface area contributed by atoms with Gasteiger partial charge in [0.2, 0.25) is 0 Å². The summed E-state index contributed by atoms with van der Waals surface area (Å²) in [7, 11) is 0. The van der Waals surface area contributed by atoms with Gasteiger partial charge in [0.15, 0.2) is 28.4 Å². The highest BCUT2D eigenvalue weighted by Crippen LogP contribution is 2.17. The van der Waals surface area contributed by atoms with Crippen molar-refractivity contribution < 1.29 is 40.2 Å². The molecule has 240 valence electrons. The third-order valence-corrected chi connectivity index (χ3v) is 6.58. The smallest absolute Gasteiger partial charge is 0.280 e. The van der Waals surface area contributed by atoms with Gasteiger partial charge in [-0.25, -0.2) is 9.97 Å². The van der Waals surface area contributed by atoms with Crippen LogP contribution in [0.4, 0.5) is 11.6 Å². The van der Waals surface area contributed by atoms with Gasteiger partial charge in [-0.2, -0.15) is 0 Å². The zero-order chi connectivity index (χ0) is 31.9. The van der Waals surface area contributed by atoms with E-state index in [0.717, 1.165) is 24.8 Å². The van der Waals surface area contributed by atoms with E-state index in [4.69, 9.17) is 43.4 Å². The lowest BCUT2D eigenvalue weighted by molar-refractivity contribution is -0.0551. The molecule has 4 atom stereocenters. The number of halogens is 1. The molecule has 1 amide bonds. The summed E-state index contributed by atoms with van der Waals surface area (Å²) in [6, 6.07) is 7.43. The number of aryl methyl sites for hydroxylation is 1. The second-order valence-electron chi connectivity index (χ2n) is 9.73. The predicted molar refractivity (Wildman–Crippen MR) is 159 cm³/mol. The van der Waals surface area contributed by atoms with Crippen molar-refractivity contribution in [3.8, 4) is 5.75 Å². The molecule has 43 heavy (non-hydrogen) atoms. The molecule has 0 spiro atoms. The van der Waals surface area contributed by atoms with Crippen LogP contribution in [0.25, 0.3) is 0 Å². The summed E-state index contributed by atoms with van der Waals surface area (Å²) in [5.74, 6) is -0.672. The number of aromatic nitrogens is 2. The van der Waals surface area contributed by atoms with Gasteiger partial charge in [0.25, 0.3) is 5.91 Å². The van der Waals surface area contributed by atoms with Crippen LogP contribution in [-0.2, 0) is 6.42 Å². The lowest BCUT2D eigenvalue weighted by Crippen LogP contribution is -2.47. The highest BCUT2D eigenvalue weighted by atomic mass is 35.5. The molecule has 1 aromatic carbocycles. The number of anilines is 2. The minimum Gasteiger partial charge on any atom is -0.492 e. The molecule has 0 saturated carbocycles. The molecule has 17 heteroatoms. The maximum absolute atomic E-state index is 12.3. The van der Waals surface area contributed by atoms with E-state index < -0.39 is 43.5 Å². The molecule has 0 radical (unpaired) electrons. The number of hydrogen-bond acceptors (Lipinski definition) is 14. The van der Waals surface area contributed by atoms with Gasteiger partial charge in [-0.05, 0) is 37.0 Å². The number of aliphatic hydroxyl groups excluding tert-OH is 6. The SMILES string of the molecule is N=C(NCCCCc1ccc(OCCN(C[C@@H](O)[C@@H](O)CO)C[C@@H](O)[C@@H](O)CO)cc1)NC(=O)c1nc(Cl)c(N)nc1N. The standard InChI is InChI=1S/C26H41ClN8O8/c27-22-24(29)33-23(28)21(32-22)25(42)34-26(30)31-8-2-1-3-15-4-6-16(7-5-15)43-10-9-35(11-17(38)19(40)13-36)12-18(39)20(41)14-37/h4-7,17-20,36-41H,1-3,8-14H2,(H4,28,29,33)(H3,30,31,34,42)/t17-,18-,19+,20+/m1/s1. The first-order valence-corrected chi connectivity index (χ1v) is 13.9. The van der Waals surface area contributed by atoms with Crippen molar-refractivity contribution in [2.45, 2.75) is 43.7 Å². The number of rotatable bonds is 18. The molecule has 0 aliphatic heterocycles. The Bertz CT molecular complexity index is 1140. The van der Waals surface area contributed by atoms with Crippen LogP contribution in [-0.4, -0.2) is 128 Å². The molecular formula is C26H41ClN8O8. The molecule has 0 fully saturated rings. The topological polar surface area (TPSA) is 277 Å². The molecule has 0 saturated heterocycles. The maximum atomic E-state index is 12.3. The Kier molecular flexibility index (Phi) is 15.3. The number of aliphatic hydroxyl groups is 6. The maximum Gasteiger partial charge on any atom is 0.280 e. The fourth-order valence-electron chi connectivity index (χ4n) is 3.81. The molecule has 0 bridgehead atoms. The third-order valence-electron chi connectivity index (χ3n) is 6.30. The Morgan fingerprint density at radius 3 is 2.14 bits per heavy atom. The minimum absolute atomic E-state index is 0.0965. The molecule has 0 aliphatic carbocycles. The van der Waals surface area contributed by atoms with E-state index in [1.807, 2.05) is 12.1 Å². The Hall–Kier alpha value is -3.35. The van der Waals surface area contributed by atoms with Crippen LogP contribution in [0.3, 0.4) is 0 Å². The van der Waals surface area contributed by atoms with Gasteiger partial charge in [0.1, 0.15) is 24.6 Å². The summed E-state index contributed by atoms with van der Waals surface area (Å²) < 4.78 is 5.75. The average Bonchev–Trinajstić information content (AvgIpc) is 2.98. The van der Waals surface area contributed by atoms with E-state index in [2.05, 4.69) is 20.6 Å². The monoisotopic (exact) mass is 628 g/mol. The first-order valence-electron chi connectivity index (χ1n) is 13.5. The number of carbonyl (C=O) groups is 1. The number of nitrogens with zero attached hydrogens (tertiary/aromatic N) is 3. The van der Waals surface area contributed by atoms with Gasteiger partial charge < -0.3 is 52.2 Å². The van der Waals surface area contributed by atoms with Crippen LogP contribution in [0.5, 0.6) is 5.75 Å². The quantitative estimate of drug-likeness (QED) is 0.0470. The van der Waals surface area contributed by atoms with Crippen LogP contribution in [0.1, 0.15) is 28.9 Å². The molecule has 2 aromatic rings. The van der Waals surface area contributed by atoms with Crippen molar-refractivity contribution in [3.63, 3.8) is 0 Å². The Balaban J connectivity index is 1.72. The van der Waals surface area contributed by atoms with Gasteiger partial charge in [-0.15, -0.1) is 0 Å². The van der Waals surface area contributed by atoms with Crippen molar-refractivity contribution in [2.75, 3.05) is 57.5 Å². The Morgan fingerprint density at radius 1 is 0.953 bits per heavy atom. The van der Waals surface area contributed by atoms with Crippen LogP contribution < -0.4 is 26.8 Å². The fourth-order valence-corrected chi connectivity index (χ4v) is 3.94. The van der Waals surface area contributed by atoms with Crippen LogP contribution in [0.15, 0.2) is 24.3 Å². The van der Waals surface area contributed by atoms with E-state index in [1.54, 1.807) is 17.0 Å². The number of unbranched alkanes of at least 4 members (excludes halogenated alkanes) is 1. The average molecular weight is 629 g/mol. The number of carbonyl (C=O) groups excluding carboxylic acids is 1. The van der Waals surface area contributed by atoms with E-state index in [0.29, 0.717) is 12.3 Å². The molecule has 1 heterocycles. The number of amides is 1. The van der Waals surface area contributed by atoms with Gasteiger partial charge in [0.05, 0.1) is 25.4 Å². The van der Waals surface area contributed by atoms with Crippen molar-refractivity contribution in [1.82, 2.24) is 25.5 Å². The van der Waals surface area contributed by atoms with E-state index in [9.17, 15) is 25.2 Å². The van der Waals surface area contributed by atoms with Crippen molar-refractivity contribution >= 4 is 35.1 Å². The summed E-state index contributed by atoms with van der Waals surface area (Å²) in [6.45, 7) is -0.627. The summed E-state index contributed by atoms with van der Waals surface area (Å²) in [5.41, 5.74) is 12.0. The van der Waals surface area contributed by atoms with Crippen LogP contribution >= 0.6 is 11.6 Å². The number of ether oxygens (including phenoxy) is 1. The Morgan fingerprint density at radius 2 is 1.56 bits per heavy atom. The summed E-state index contributed by atoms with van der Waals surface area (Å²) >= 11 is 5.78. The third kappa shape index (κ3) is 12.4. The molecule has 16 nitrogen and oxygen atoms in total. The predicted octanol–water partition coefficient (Wildman–Crippen LogP) is -2.32. The van der Waals surface area contributed by atoms with Crippen molar-refractivity contribution in [1.29, 1.82) is 5.41 Å². The van der Waals surface area contributed by atoms with Crippen LogP contribution in [0.2, 0.25) is 5.15 Å². The number of benzene rings is 1. The largest absolute Gasteiger partial charge is 0.492 e. The van der Waals surface area contributed by atoms with Crippen molar-refractivity contribution in [3.05, 3.63) is 40.7 Å². The molecule has 13 N–H and O–H groups in total. The highest BCUT2D eigenvalue weighted by Gasteiger charge is 2.24. The van der Waals surface area contributed by atoms with Crippen molar-refractivity contribution in [2.24, 2.45) is 0 Å². The molecular weight excluding hydrogens is 588 g/mol. The molecule has 0 unspecified atom stereocenters. The molecule has 2 rings (SSSR count). The normalized spacial score (nSPS) is 14.1. The number of guanidine groups is 1. The van der Waals surface area contributed by atoms with E-state index in [-0.39, 0.29) is 54.7 Å². The number of nitrogen functional groups attached to an aromatic ring is 2. The number of nitrogens with one attached hydrogen (secondary N) is 3. The Labute approximate surface area is 253 Å². The minimum atomic E-state index is -1.37. The van der Waals surface area contributed by atoms with E-state index >= 15 is 0 Å². The summed E-state index contributed by atoms with van der Waals surface area (Å²) in [6.07, 6.45) is -3.02. The zero-order valence-corrected chi connectivity index (χ0v) is 24.3. The number of nitrogens with two attached hydrogens (primary N) is 2. The number of hydrogen-bond donors (Lipinski definition) is 11. The zero-order valence-electron chi connectivity index (χ0n) is 23.6. The van der Waals surface area contributed by atoms with E-state index in [1.165, 1.54) is 0 Å². The lowest BCUT2D eigenvalue weighted by atomic mass is 10.1.